The quantitative estimate of drug-likeness (QED) is 0.452. The molecule has 4 nitrogen and oxygen atoms in total. The number of likely N-dealkylation sites (tertiary alicyclic amines) is 1. The molecule has 5 rings (SSSR count). The number of carbonyl (C=O) groups is 2. The Morgan fingerprint density at radius 2 is 1.71 bits per heavy atom. The lowest BCUT2D eigenvalue weighted by Gasteiger charge is -2.61. The molecule has 1 aromatic rings. The average molecular weight is 480 g/mol. The van der Waals surface area contributed by atoms with Crippen LogP contribution < -0.4 is 0 Å². The lowest BCUT2D eigenvalue weighted by molar-refractivity contribution is -0.158. The van der Waals surface area contributed by atoms with Crippen LogP contribution in [0.2, 0.25) is 0 Å². The van der Waals surface area contributed by atoms with E-state index >= 15 is 0 Å². The van der Waals surface area contributed by atoms with Gasteiger partial charge in [0.1, 0.15) is 0 Å². The number of benzene rings is 1. The van der Waals surface area contributed by atoms with Crippen molar-refractivity contribution >= 4 is 11.9 Å². The van der Waals surface area contributed by atoms with E-state index in [2.05, 4.69) is 44.7 Å². The fraction of sp³-hybridized carbons (Fsp3) is 0.742. The topological polar surface area (TPSA) is 46.6 Å². The minimum absolute atomic E-state index is 0.176. The second-order valence-electron chi connectivity index (χ2n) is 13.2. The van der Waals surface area contributed by atoms with Crippen LogP contribution >= 0.6 is 0 Å². The Hall–Kier alpha value is -1.84. The van der Waals surface area contributed by atoms with E-state index in [0.29, 0.717) is 42.4 Å². The standard InChI is InChI=1S/C31H45NO3/c1-20(2)18-21-6-8-22(9-7-21)29(34)35-19-23-10-12-25-24-11-13-27-31(4,17-15-28(33)32(27)5)26(24)14-16-30(23,25)3/h6-9,20,23-27H,10-19H2,1-5H3/t23?,24-,25-,26-,27+,30+,31+/m0/s1. The van der Waals surface area contributed by atoms with E-state index in [0.717, 1.165) is 37.0 Å². The third-order valence-electron chi connectivity index (χ3n) is 11.0. The lowest BCUT2D eigenvalue weighted by Crippen LogP contribution is -2.61. The maximum absolute atomic E-state index is 12.8. The number of hydrogen-bond acceptors (Lipinski definition) is 3. The fourth-order valence-corrected chi connectivity index (χ4v) is 9.04. The zero-order chi connectivity index (χ0) is 25.0. The van der Waals surface area contributed by atoms with E-state index in [1.54, 1.807) is 0 Å². The number of hydrogen-bond donors (Lipinski definition) is 0. The van der Waals surface area contributed by atoms with Gasteiger partial charge in [-0.25, -0.2) is 4.79 Å². The molecule has 7 atom stereocenters. The van der Waals surface area contributed by atoms with Crippen molar-refractivity contribution in [3.8, 4) is 0 Å². The van der Waals surface area contributed by atoms with Gasteiger partial charge in [0.2, 0.25) is 5.91 Å². The Balaban J connectivity index is 1.23. The van der Waals surface area contributed by atoms with E-state index < -0.39 is 0 Å². The van der Waals surface area contributed by atoms with Gasteiger partial charge in [-0.1, -0.05) is 39.8 Å². The molecule has 0 spiro atoms. The molecule has 1 heterocycles. The molecule has 35 heavy (non-hydrogen) atoms. The first-order chi connectivity index (χ1) is 16.6. The molecule has 0 radical (unpaired) electrons. The fourth-order valence-electron chi connectivity index (χ4n) is 9.04. The first-order valence-electron chi connectivity index (χ1n) is 14.1. The maximum atomic E-state index is 12.8. The molecule has 0 N–H and O–H groups in total. The Bertz CT molecular complexity index is 954. The van der Waals surface area contributed by atoms with Gasteiger partial charge in [-0.2, -0.15) is 0 Å². The number of piperidine rings is 1. The molecule has 1 aliphatic heterocycles. The summed E-state index contributed by atoms with van der Waals surface area (Å²) in [7, 11) is 2.04. The molecule has 0 aromatic heterocycles. The molecule has 1 aromatic carbocycles. The summed E-state index contributed by atoms with van der Waals surface area (Å²) < 4.78 is 5.93. The second kappa shape index (κ2) is 9.23. The number of ether oxygens (including phenoxy) is 1. The van der Waals surface area contributed by atoms with Crippen LogP contribution in [0.5, 0.6) is 0 Å². The Morgan fingerprint density at radius 3 is 2.43 bits per heavy atom. The minimum atomic E-state index is -0.176. The smallest absolute Gasteiger partial charge is 0.338 e. The van der Waals surface area contributed by atoms with E-state index in [-0.39, 0.29) is 16.8 Å². The summed E-state index contributed by atoms with van der Waals surface area (Å²) in [6, 6.07) is 8.40. The molecule has 4 aliphatic rings. The number of carbonyl (C=O) groups excluding carboxylic acids is 2. The highest BCUT2D eigenvalue weighted by atomic mass is 16.5. The van der Waals surface area contributed by atoms with Crippen LogP contribution in [-0.2, 0) is 16.0 Å². The van der Waals surface area contributed by atoms with Crippen LogP contribution in [0.25, 0.3) is 0 Å². The SMILES string of the molecule is CC(C)Cc1ccc(C(=O)OCC2CC[C@H]3[C@@H]4CC[C@H]5N(C)C(=O)CC[C@]5(C)[C@H]4CC[C@]23C)cc1. The van der Waals surface area contributed by atoms with Crippen molar-refractivity contribution < 1.29 is 14.3 Å². The van der Waals surface area contributed by atoms with Crippen LogP contribution in [0, 0.1) is 40.4 Å². The summed E-state index contributed by atoms with van der Waals surface area (Å²) in [4.78, 5) is 27.3. The largest absolute Gasteiger partial charge is 0.462 e. The molecule has 1 saturated heterocycles. The van der Waals surface area contributed by atoms with Gasteiger partial charge >= 0.3 is 5.97 Å². The Labute approximate surface area is 212 Å². The monoisotopic (exact) mass is 479 g/mol. The van der Waals surface area contributed by atoms with Gasteiger partial charge in [-0.05, 0) is 109 Å². The van der Waals surface area contributed by atoms with Gasteiger partial charge in [0.15, 0.2) is 0 Å². The number of amides is 1. The first kappa shape index (κ1) is 24.8. The van der Waals surface area contributed by atoms with Crippen LogP contribution in [0.1, 0.15) is 95.0 Å². The molecule has 3 aliphatic carbocycles. The van der Waals surface area contributed by atoms with Crippen molar-refractivity contribution in [1.29, 1.82) is 0 Å². The summed E-state index contributed by atoms with van der Waals surface area (Å²) in [6.45, 7) is 9.96. The minimum Gasteiger partial charge on any atom is -0.462 e. The molecule has 3 saturated carbocycles. The van der Waals surface area contributed by atoms with Crippen LogP contribution in [-0.4, -0.2) is 36.5 Å². The van der Waals surface area contributed by atoms with Crippen LogP contribution in [0.3, 0.4) is 0 Å². The molecule has 4 heteroatoms. The van der Waals surface area contributed by atoms with Gasteiger partial charge < -0.3 is 9.64 Å². The summed E-state index contributed by atoms with van der Waals surface area (Å²) in [6.07, 6.45) is 10.1. The highest BCUT2D eigenvalue weighted by Gasteiger charge is 2.61. The van der Waals surface area contributed by atoms with Crippen molar-refractivity contribution in [2.75, 3.05) is 13.7 Å². The van der Waals surface area contributed by atoms with E-state index in [1.165, 1.54) is 37.7 Å². The van der Waals surface area contributed by atoms with Crippen molar-refractivity contribution in [2.45, 2.75) is 91.5 Å². The summed E-state index contributed by atoms with van der Waals surface area (Å²) in [5, 5.41) is 0. The first-order valence-corrected chi connectivity index (χ1v) is 14.1. The normalized spacial score (nSPS) is 38.6. The zero-order valence-electron chi connectivity index (χ0n) is 22.5. The molecule has 0 bridgehead atoms. The van der Waals surface area contributed by atoms with Gasteiger partial charge in [0, 0.05) is 19.5 Å². The molecule has 1 amide bonds. The molecule has 4 fully saturated rings. The number of rotatable bonds is 5. The van der Waals surface area contributed by atoms with Crippen molar-refractivity contribution in [3.63, 3.8) is 0 Å². The molecule has 1 unspecified atom stereocenters. The highest BCUT2D eigenvalue weighted by Crippen LogP contribution is 2.66. The van der Waals surface area contributed by atoms with E-state index in [1.807, 2.05) is 19.2 Å². The number of fused-ring (bicyclic) bond motifs is 5. The summed E-state index contributed by atoms with van der Waals surface area (Å²) in [5.41, 5.74) is 2.47. The van der Waals surface area contributed by atoms with Gasteiger partial charge in [-0.3, -0.25) is 4.79 Å². The predicted molar refractivity (Wildman–Crippen MR) is 139 cm³/mol. The van der Waals surface area contributed by atoms with Crippen LogP contribution in [0.15, 0.2) is 24.3 Å². The van der Waals surface area contributed by atoms with Crippen molar-refractivity contribution in [3.05, 3.63) is 35.4 Å². The average Bonchev–Trinajstić information content (AvgIpc) is 3.16. The van der Waals surface area contributed by atoms with Gasteiger partial charge in [0.05, 0.1) is 12.2 Å². The number of esters is 1. The van der Waals surface area contributed by atoms with Crippen LogP contribution in [0.4, 0.5) is 0 Å². The summed E-state index contributed by atoms with van der Waals surface area (Å²) >= 11 is 0. The second-order valence-corrected chi connectivity index (χ2v) is 13.2. The van der Waals surface area contributed by atoms with Crippen molar-refractivity contribution in [2.24, 2.45) is 40.4 Å². The highest BCUT2D eigenvalue weighted by molar-refractivity contribution is 5.89. The lowest BCUT2D eigenvalue weighted by atomic mass is 9.47. The Morgan fingerprint density at radius 1 is 1.00 bits per heavy atom. The Kier molecular flexibility index (Phi) is 6.55. The third kappa shape index (κ3) is 4.23. The van der Waals surface area contributed by atoms with Crippen molar-refractivity contribution in [1.82, 2.24) is 4.90 Å². The van der Waals surface area contributed by atoms with E-state index in [4.69, 9.17) is 4.74 Å². The predicted octanol–water partition coefficient (Wildman–Crippen LogP) is 6.52. The molecular formula is C31H45NO3. The van der Waals surface area contributed by atoms with E-state index in [9.17, 15) is 9.59 Å². The third-order valence-corrected chi connectivity index (χ3v) is 11.0. The number of nitrogens with zero attached hydrogens (tertiary/aromatic N) is 1. The summed E-state index contributed by atoms with van der Waals surface area (Å²) in [5.74, 6) is 3.43. The van der Waals surface area contributed by atoms with Gasteiger partial charge in [0.25, 0.3) is 0 Å². The van der Waals surface area contributed by atoms with Gasteiger partial charge in [-0.15, -0.1) is 0 Å². The molecular weight excluding hydrogens is 434 g/mol. The zero-order valence-corrected chi connectivity index (χ0v) is 22.5. The maximum Gasteiger partial charge on any atom is 0.338 e. The molecule has 192 valence electrons.